The van der Waals surface area contributed by atoms with Gasteiger partial charge in [0.15, 0.2) is 20.0 Å². The maximum atomic E-state index is 12.4. The zero-order valence-electron chi connectivity index (χ0n) is 14.0. The first-order valence-electron chi connectivity index (χ1n) is 6.54. The van der Waals surface area contributed by atoms with E-state index < -0.39 is 37.0 Å². The van der Waals surface area contributed by atoms with Crippen molar-refractivity contribution in [3.05, 3.63) is 4.13 Å². The minimum atomic E-state index is -6.72. The highest BCUT2D eigenvalue weighted by atomic mass is 32.3. The summed E-state index contributed by atoms with van der Waals surface area (Å²) in [6, 6.07) is 0. The molecule has 0 radical (unpaired) electrons. The summed E-state index contributed by atoms with van der Waals surface area (Å²) in [7, 11) is -9.51. The highest BCUT2D eigenvalue weighted by Gasteiger charge is 2.46. The van der Waals surface area contributed by atoms with Crippen LogP contribution in [0, 0.1) is 0 Å². The molecular weight excluding hydrogens is 428 g/mol. The molecule has 0 aliphatic heterocycles. The predicted octanol–water partition coefficient (Wildman–Crippen LogP) is 3.19. The Morgan fingerprint density at radius 2 is 1.12 bits per heavy atom. The van der Waals surface area contributed by atoms with Crippen molar-refractivity contribution >= 4 is 20.0 Å². The minimum absolute atomic E-state index is 0.0200. The first-order chi connectivity index (χ1) is 11.0. The van der Waals surface area contributed by atoms with Gasteiger partial charge in [-0.15, -0.1) is 0 Å². The largest absolute Gasteiger partial charge is 0.480 e. The molecule has 0 atom stereocenters. The Hall–Kier alpha value is -0.740. The van der Waals surface area contributed by atoms with Crippen LogP contribution in [0.2, 0.25) is 0 Å². The highest BCUT2D eigenvalue weighted by molar-refractivity contribution is 8.13. The molecule has 0 aliphatic rings. The molecule has 0 aromatic rings. The van der Waals surface area contributed by atoms with Crippen LogP contribution in [0.4, 0.5) is 35.1 Å². The summed E-state index contributed by atoms with van der Waals surface area (Å²) >= 11 is 0. The van der Waals surface area contributed by atoms with Crippen LogP contribution in [-0.4, -0.2) is 65.4 Å². The van der Waals surface area contributed by atoms with Crippen LogP contribution < -0.4 is 0 Å². The lowest BCUT2D eigenvalue weighted by Gasteiger charge is -2.29. The molecule has 0 saturated heterocycles. The van der Waals surface area contributed by atoms with Crippen molar-refractivity contribution in [1.82, 2.24) is 0 Å². The molecule has 16 heteroatoms. The highest BCUT2D eigenvalue weighted by Crippen LogP contribution is 2.36. The van der Waals surface area contributed by atoms with Crippen LogP contribution in [0.1, 0.15) is 20.3 Å². The lowest BCUT2D eigenvalue weighted by molar-refractivity contribution is -0.889. The smallest absolute Gasteiger partial charge is 0.421 e. The fraction of sp³-hybridized carbons (Fsp3) is 1.00. The Balaban J connectivity index is 0. The molecule has 0 spiro atoms. The van der Waals surface area contributed by atoms with E-state index in [2.05, 4.69) is 0 Å². The molecule has 0 amide bonds. The Labute approximate surface area is 145 Å². The number of sulfonamides is 2. The summed E-state index contributed by atoms with van der Waals surface area (Å²) in [6.45, 7) is 4.42. The van der Waals surface area contributed by atoms with Crippen molar-refractivity contribution in [1.29, 1.82) is 0 Å². The quantitative estimate of drug-likeness (QED) is 0.464. The monoisotopic (exact) mass is 446 g/mol. The second kappa shape index (κ2) is 8.52. The van der Waals surface area contributed by atoms with E-state index in [1.54, 1.807) is 0 Å². The summed E-state index contributed by atoms with van der Waals surface area (Å²) in [5.74, 6) is -2.51. The van der Waals surface area contributed by atoms with Crippen molar-refractivity contribution < 1.29 is 56.4 Å². The van der Waals surface area contributed by atoms with E-state index in [1.165, 1.54) is 0 Å². The summed E-state index contributed by atoms with van der Waals surface area (Å²) < 4.78 is 135. The van der Waals surface area contributed by atoms with E-state index in [9.17, 15) is 52.0 Å². The number of halogens is 8. The zero-order chi connectivity index (χ0) is 21.8. The van der Waals surface area contributed by atoms with Gasteiger partial charge in [-0.2, -0.15) is 26.3 Å². The molecule has 0 unspecified atom stereocenters. The fourth-order valence-electron chi connectivity index (χ4n) is 0.871. The van der Waals surface area contributed by atoms with Gasteiger partial charge in [-0.3, -0.25) is 0 Å². The molecule has 0 saturated carbocycles. The van der Waals surface area contributed by atoms with Gasteiger partial charge in [0, 0.05) is 0 Å². The van der Waals surface area contributed by atoms with Gasteiger partial charge in [0.1, 0.15) is 0 Å². The van der Waals surface area contributed by atoms with E-state index in [1.807, 2.05) is 21.0 Å². The number of nitrogens with zero attached hydrogens (tertiary/aromatic N) is 2. The zero-order valence-corrected chi connectivity index (χ0v) is 15.6. The van der Waals surface area contributed by atoms with Gasteiger partial charge in [-0.1, -0.05) is 0 Å². The number of hydrogen-bond donors (Lipinski definition) is 0. The standard InChI is InChI=1S/C8H18F2N.C2F6NO4S2/c1-5-11(3,4)7-6-8(2,9)10;3-1(4,5)14(10,11)9-15(12,13)2(6,7)8/h5-7H2,1-4H3;/q+1;-1. The summed E-state index contributed by atoms with van der Waals surface area (Å²) in [5, 5.41) is 0. The van der Waals surface area contributed by atoms with Crippen LogP contribution in [0.25, 0.3) is 4.13 Å². The Morgan fingerprint density at radius 3 is 1.31 bits per heavy atom. The average Bonchev–Trinajstić information content (AvgIpc) is 2.32. The number of rotatable bonds is 6. The van der Waals surface area contributed by atoms with E-state index in [4.69, 9.17) is 0 Å². The van der Waals surface area contributed by atoms with Crippen LogP contribution in [0.5, 0.6) is 0 Å². The molecule has 0 bridgehead atoms. The van der Waals surface area contributed by atoms with Crippen molar-refractivity contribution in [2.24, 2.45) is 0 Å². The van der Waals surface area contributed by atoms with E-state index in [-0.39, 0.29) is 6.42 Å². The summed E-state index contributed by atoms with van der Waals surface area (Å²) in [4.78, 5) is 0. The van der Waals surface area contributed by atoms with Crippen LogP contribution >= 0.6 is 0 Å². The molecule has 26 heavy (non-hydrogen) atoms. The van der Waals surface area contributed by atoms with Crippen LogP contribution in [-0.2, 0) is 20.0 Å². The third-order valence-electron chi connectivity index (χ3n) is 2.79. The van der Waals surface area contributed by atoms with Crippen LogP contribution in [0.15, 0.2) is 0 Å². The molecule has 0 rings (SSSR count). The Kier molecular flexibility index (Phi) is 9.00. The number of alkyl halides is 8. The summed E-state index contributed by atoms with van der Waals surface area (Å²) in [5.41, 5.74) is -12.4. The van der Waals surface area contributed by atoms with E-state index in [0.29, 0.717) is 11.0 Å². The fourth-order valence-corrected chi connectivity index (χ4v) is 2.58. The van der Waals surface area contributed by atoms with Gasteiger partial charge in [-0.05, 0) is 13.8 Å². The third kappa shape index (κ3) is 10.4. The number of quaternary nitrogens is 1. The van der Waals surface area contributed by atoms with Crippen LogP contribution in [0.3, 0.4) is 0 Å². The van der Waals surface area contributed by atoms with Crippen molar-refractivity contribution in [3.8, 4) is 0 Å². The van der Waals surface area contributed by atoms with Gasteiger partial charge >= 0.3 is 11.0 Å². The molecule has 0 aliphatic carbocycles. The molecule has 160 valence electrons. The summed E-state index contributed by atoms with van der Waals surface area (Å²) in [6.07, 6.45) is -0.0200. The maximum absolute atomic E-state index is 12.4. The lowest BCUT2D eigenvalue weighted by Crippen LogP contribution is -2.41. The van der Waals surface area contributed by atoms with Gasteiger partial charge < -0.3 is 8.61 Å². The Morgan fingerprint density at radius 1 is 0.808 bits per heavy atom. The van der Waals surface area contributed by atoms with Crippen molar-refractivity contribution in [2.45, 2.75) is 37.2 Å². The van der Waals surface area contributed by atoms with E-state index >= 15 is 0 Å². The van der Waals surface area contributed by atoms with Gasteiger partial charge in [0.25, 0.3) is 5.92 Å². The second-order valence-electron chi connectivity index (χ2n) is 5.71. The molecule has 0 fully saturated rings. The first-order valence-corrected chi connectivity index (χ1v) is 9.42. The molecule has 0 N–H and O–H groups in total. The SMILES string of the molecule is CC[N+](C)(C)CCC(C)(F)F.O=S(=O)([N-]S(=O)(=O)C(F)(F)F)C(F)(F)F. The molecular formula is C10H18F8N2O4S2. The molecule has 0 aromatic heterocycles. The maximum Gasteiger partial charge on any atom is 0.480 e. The normalized spacial score (nSPS) is 14.6. The lowest BCUT2D eigenvalue weighted by atomic mass is 10.2. The molecule has 0 aromatic carbocycles. The average molecular weight is 446 g/mol. The van der Waals surface area contributed by atoms with Gasteiger partial charge in [-0.25, -0.2) is 25.6 Å². The Bertz CT molecular complexity index is 606. The third-order valence-corrected chi connectivity index (χ3v) is 5.53. The van der Waals surface area contributed by atoms with Crippen molar-refractivity contribution in [2.75, 3.05) is 27.2 Å². The van der Waals surface area contributed by atoms with Crippen molar-refractivity contribution in [3.63, 3.8) is 0 Å². The second-order valence-corrected chi connectivity index (χ2v) is 9.13. The first kappa shape index (κ1) is 27.5. The molecule has 6 nitrogen and oxygen atoms in total. The van der Waals surface area contributed by atoms with Gasteiger partial charge in [0.2, 0.25) is 0 Å². The van der Waals surface area contributed by atoms with E-state index in [0.717, 1.165) is 17.6 Å². The minimum Gasteiger partial charge on any atom is -0.421 e. The topological polar surface area (TPSA) is 82.4 Å². The van der Waals surface area contributed by atoms with Gasteiger partial charge in [0.05, 0.1) is 33.6 Å². The molecule has 0 heterocycles. The number of hydrogen-bond acceptors (Lipinski definition) is 4. The predicted molar refractivity (Wildman–Crippen MR) is 76.1 cm³/mol.